The highest BCUT2D eigenvalue weighted by Gasteiger charge is 2.01. The number of furan rings is 1. The minimum absolute atomic E-state index is 0.844. The Morgan fingerprint density at radius 3 is 2.69 bits per heavy atom. The fraction of sp³-hybridized carbons (Fsp3) is 0. The first kappa shape index (κ1) is 9.04. The van der Waals surface area contributed by atoms with Gasteiger partial charge in [-0.05, 0) is 11.5 Å². The lowest BCUT2D eigenvalue weighted by atomic mass is 10.1. The van der Waals surface area contributed by atoms with Crippen LogP contribution in [0, 0.1) is 6.26 Å². The SMILES string of the molecule is [c]1occc1Nc1cccc2ccccc12. The lowest BCUT2D eigenvalue weighted by molar-refractivity contribution is 0.559. The Morgan fingerprint density at radius 2 is 1.81 bits per heavy atom. The van der Waals surface area contributed by atoms with Crippen molar-refractivity contribution in [1.82, 2.24) is 0 Å². The van der Waals surface area contributed by atoms with Crippen molar-refractivity contribution in [3.63, 3.8) is 0 Å². The van der Waals surface area contributed by atoms with Crippen molar-refractivity contribution in [2.75, 3.05) is 5.32 Å². The van der Waals surface area contributed by atoms with Gasteiger partial charge in [0.15, 0.2) is 6.26 Å². The summed E-state index contributed by atoms with van der Waals surface area (Å²) in [6.45, 7) is 0. The van der Waals surface area contributed by atoms with E-state index in [-0.39, 0.29) is 0 Å². The first-order chi connectivity index (χ1) is 7.93. The first-order valence-corrected chi connectivity index (χ1v) is 5.13. The normalized spacial score (nSPS) is 10.5. The van der Waals surface area contributed by atoms with Gasteiger partial charge in [-0.1, -0.05) is 36.4 Å². The van der Waals surface area contributed by atoms with Crippen LogP contribution in [-0.2, 0) is 0 Å². The molecule has 0 aliphatic rings. The zero-order valence-corrected chi connectivity index (χ0v) is 8.60. The lowest BCUT2D eigenvalue weighted by Gasteiger charge is -2.07. The number of rotatable bonds is 2. The molecule has 0 bridgehead atoms. The Kier molecular flexibility index (Phi) is 2.11. The summed E-state index contributed by atoms with van der Waals surface area (Å²) in [5, 5.41) is 5.69. The van der Waals surface area contributed by atoms with E-state index in [1.54, 1.807) is 6.26 Å². The average Bonchev–Trinajstić information content (AvgIpc) is 2.82. The van der Waals surface area contributed by atoms with Crippen molar-refractivity contribution in [2.45, 2.75) is 0 Å². The van der Waals surface area contributed by atoms with Crippen LogP contribution in [0.3, 0.4) is 0 Å². The van der Waals surface area contributed by atoms with Crippen LogP contribution in [0.1, 0.15) is 0 Å². The molecule has 2 nitrogen and oxygen atoms in total. The molecule has 1 aromatic heterocycles. The standard InChI is InChI=1S/C14H10NO/c1-2-6-13-11(4-1)5-3-7-14(13)15-12-8-9-16-10-12/h1-9,15H. The second kappa shape index (κ2) is 3.74. The molecule has 0 unspecified atom stereocenters. The van der Waals surface area contributed by atoms with E-state index in [9.17, 15) is 0 Å². The minimum Gasteiger partial charge on any atom is -0.459 e. The quantitative estimate of drug-likeness (QED) is 0.689. The van der Waals surface area contributed by atoms with Gasteiger partial charge >= 0.3 is 0 Å². The first-order valence-electron chi connectivity index (χ1n) is 5.13. The van der Waals surface area contributed by atoms with Crippen molar-refractivity contribution in [3.05, 3.63) is 61.1 Å². The summed E-state index contributed by atoms with van der Waals surface area (Å²) in [4.78, 5) is 0. The van der Waals surface area contributed by atoms with Gasteiger partial charge in [0.05, 0.1) is 12.0 Å². The van der Waals surface area contributed by atoms with E-state index in [0.717, 1.165) is 11.4 Å². The summed E-state index contributed by atoms with van der Waals surface area (Å²) in [7, 11) is 0. The van der Waals surface area contributed by atoms with Crippen LogP contribution < -0.4 is 5.32 Å². The molecule has 0 saturated heterocycles. The Bertz CT molecular complexity index is 594. The second-order valence-corrected chi connectivity index (χ2v) is 3.59. The maximum Gasteiger partial charge on any atom is 0.194 e. The smallest absolute Gasteiger partial charge is 0.194 e. The molecule has 1 N–H and O–H groups in total. The van der Waals surface area contributed by atoms with E-state index in [0.29, 0.717) is 0 Å². The predicted octanol–water partition coefficient (Wildman–Crippen LogP) is 3.98. The van der Waals surface area contributed by atoms with Gasteiger partial charge in [-0.2, -0.15) is 0 Å². The van der Waals surface area contributed by atoms with Crippen LogP contribution in [-0.4, -0.2) is 0 Å². The number of fused-ring (bicyclic) bond motifs is 1. The molecular formula is C14H10NO. The van der Waals surface area contributed by atoms with Gasteiger partial charge in [0, 0.05) is 17.1 Å². The number of hydrogen-bond acceptors (Lipinski definition) is 2. The molecule has 1 heterocycles. The van der Waals surface area contributed by atoms with E-state index in [4.69, 9.17) is 4.42 Å². The van der Waals surface area contributed by atoms with Crippen molar-refractivity contribution < 1.29 is 4.42 Å². The number of hydrogen-bond donors (Lipinski definition) is 1. The summed E-state index contributed by atoms with van der Waals surface area (Å²) in [5.41, 5.74) is 1.91. The minimum atomic E-state index is 0.844. The largest absolute Gasteiger partial charge is 0.459 e. The van der Waals surface area contributed by atoms with Crippen LogP contribution in [0.4, 0.5) is 11.4 Å². The monoisotopic (exact) mass is 208 g/mol. The third-order valence-electron chi connectivity index (χ3n) is 2.53. The summed E-state index contributed by atoms with van der Waals surface area (Å²) >= 11 is 0. The number of nitrogens with one attached hydrogen (secondary N) is 1. The molecule has 1 radical (unpaired) electrons. The molecule has 77 valence electrons. The topological polar surface area (TPSA) is 25.2 Å². The lowest BCUT2D eigenvalue weighted by Crippen LogP contribution is -1.89. The van der Waals surface area contributed by atoms with Crippen molar-refractivity contribution in [3.8, 4) is 0 Å². The molecule has 2 aromatic carbocycles. The van der Waals surface area contributed by atoms with Crippen molar-refractivity contribution in [2.24, 2.45) is 0 Å². The van der Waals surface area contributed by atoms with Crippen LogP contribution in [0.2, 0.25) is 0 Å². The van der Waals surface area contributed by atoms with Gasteiger partial charge in [-0.15, -0.1) is 0 Å². The number of benzene rings is 2. The molecule has 0 saturated carbocycles. The molecule has 0 aliphatic heterocycles. The molecule has 0 atom stereocenters. The highest BCUT2D eigenvalue weighted by Crippen LogP contribution is 2.25. The summed E-state index contributed by atoms with van der Waals surface area (Å²) < 4.78 is 4.91. The van der Waals surface area contributed by atoms with Gasteiger partial charge < -0.3 is 9.73 Å². The summed E-state index contributed by atoms with van der Waals surface area (Å²) in [5.74, 6) is 0. The number of anilines is 2. The molecule has 3 aromatic rings. The Balaban J connectivity index is 2.10. The Morgan fingerprint density at radius 1 is 0.938 bits per heavy atom. The average molecular weight is 208 g/mol. The highest BCUT2D eigenvalue weighted by atomic mass is 16.3. The van der Waals surface area contributed by atoms with Gasteiger partial charge in [-0.3, -0.25) is 0 Å². The molecule has 0 spiro atoms. The molecule has 16 heavy (non-hydrogen) atoms. The zero-order chi connectivity index (χ0) is 10.8. The highest BCUT2D eigenvalue weighted by molar-refractivity contribution is 5.95. The van der Waals surface area contributed by atoms with Crippen LogP contribution in [0.5, 0.6) is 0 Å². The Labute approximate surface area is 93.5 Å². The molecule has 3 rings (SSSR count). The second-order valence-electron chi connectivity index (χ2n) is 3.59. The van der Waals surface area contributed by atoms with Gasteiger partial charge in [0.25, 0.3) is 0 Å². The molecular weight excluding hydrogens is 198 g/mol. The fourth-order valence-electron chi connectivity index (χ4n) is 1.78. The maximum atomic E-state index is 4.91. The van der Waals surface area contributed by atoms with E-state index >= 15 is 0 Å². The maximum absolute atomic E-state index is 4.91. The fourth-order valence-corrected chi connectivity index (χ4v) is 1.78. The van der Waals surface area contributed by atoms with Gasteiger partial charge in [0.1, 0.15) is 0 Å². The molecule has 0 fully saturated rings. The summed E-state index contributed by atoms with van der Waals surface area (Å²) in [6, 6.07) is 16.3. The predicted molar refractivity (Wildman–Crippen MR) is 64.8 cm³/mol. The molecule has 0 aliphatic carbocycles. The van der Waals surface area contributed by atoms with Crippen LogP contribution in [0.15, 0.2) is 59.2 Å². The molecule has 2 heteroatoms. The van der Waals surface area contributed by atoms with E-state index in [2.05, 4.69) is 29.8 Å². The van der Waals surface area contributed by atoms with E-state index < -0.39 is 0 Å². The third kappa shape index (κ3) is 1.54. The zero-order valence-electron chi connectivity index (χ0n) is 8.60. The Hall–Kier alpha value is -2.22. The molecule has 0 amide bonds. The van der Waals surface area contributed by atoms with Gasteiger partial charge in [0.2, 0.25) is 0 Å². The van der Waals surface area contributed by atoms with Crippen molar-refractivity contribution in [1.29, 1.82) is 0 Å². The van der Waals surface area contributed by atoms with E-state index in [1.807, 2.05) is 30.3 Å². The van der Waals surface area contributed by atoms with Crippen LogP contribution >= 0.6 is 0 Å². The summed E-state index contributed by atoms with van der Waals surface area (Å²) in [6.07, 6.45) is 4.37. The van der Waals surface area contributed by atoms with Gasteiger partial charge in [-0.25, -0.2) is 0 Å². The third-order valence-corrected chi connectivity index (χ3v) is 2.53. The van der Waals surface area contributed by atoms with E-state index in [1.165, 1.54) is 10.8 Å². The van der Waals surface area contributed by atoms with Crippen molar-refractivity contribution >= 4 is 22.1 Å². The van der Waals surface area contributed by atoms with Crippen LogP contribution in [0.25, 0.3) is 10.8 Å².